The quantitative estimate of drug-likeness (QED) is 0.460. The molecular weight excluding hydrogens is 403 g/mol. The molecule has 9 heteroatoms. The minimum absolute atomic E-state index is 0.0351. The van der Waals surface area contributed by atoms with Crippen LogP contribution in [-0.4, -0.2) is 30.8 Å². The fourth-order valence-corrected chi connectivity index (χ4v) is 3.27. The molecule has 0 atom stereocenters. The summed E-state index contributed by atoms with van der Waals surface area (Å²) in [6.45, 7) is 0. The molecule has 0 bridgehead atoms. The molecule has 0 aliphatic carbocycles. The van der Waals surface area contributed by atoms with Crippen LogP contribution < -0.4 is 10.3 Å². The zero-order valence-corrected chi connectivity index (χ0v) is 15.7. The third kappa shape index (κ3) is 3.27. The van der Waals surface area contributed by atoms with Gasteiger partial charge in [0.2, 0.25) is 5.95 Å². The van der Waals surface area contributed by atoms with Crippen molar-refractivity contribution in [2.45, 2.75) is 0 Å². The molecule has 0 amide bonds. The van der Waals surface area contributed by atoms with E-state index in [1.54, 1.807) is 12.1 Å². The topological polar surface area (TPSA) is 110 Å². The zero-order valence-electron chi connectivity index (χ0n) is 15.7. The van der Waals surface area contributed by atoms with Crippen LogP contribution in [0.2, 0.25) is 0 Å². The van der Waals surface area contributed by atoms with Gasteiger partial charge in [-0.15, -0.1) is 0 Å². The number of fused-ring (bicyclic) bond motifs is 2. The smallest absolute Gasteiger partial charge is 0.338 e. The Balaban J connectivity index is 1.58. The fourth-order valence-electron chi connectivity index (χ4n) is 3.27. The van der Waals surface area contributed by atoms with E-state index in [9.17, 15) is 14.0 Å². The first-order chi connectivity index (χ1) is 15.0. The fraction of sp³-hybridized carbons (Fsp3) is 0. The van der Waals surface area contributed by atoms with Crippen LogP contribution in [0.4, 0.5) is 4.39 Å². The predicted octanol–water partition coefficient (Wildman–Crippen LogP) is 3.89. The molecule has 8 nitrogen and oxygen atoms in total. The van der Waals surface area contributed by atoms with Gasteiger partial charge in [0, 0.05) is 17.6 Å². The first-order valence-corrected chi connectivity index (χ1v) is 9.17. The maximum atomic E-state index is 14.8. The van der Waals surface area contributed by atoms with E-state index in [0.29, 0.717) is 5.75 Å². The van der Waals surface area contributed by atoms with Crippen molar-refractivity contribution in [3.8, 4) is 17.4 Å². The third-order valence-corrected chi connectivity index (χ3v) is 4.76. The molecule has 0 saturated carbocycles. The minimum Gasteiger partial charge on any atom is -0.478 e. The van der Waals surface area contributed by atoms with Crippen molar-refractivity contribution >= 4 is 27.6 Å². The van der Waals surface area contributed by atoms with Gasteiger partial charge < -0.3 is 9.84 Å². The molecule has 3 aromatic carbocycles. The van der Waals surface area contributed by atoms with Gasteiger partial charge in [-0.2, -0.15) is 5.10 Å². The summed E-state index contributed by atoms with van der Waals surface area (Å²) >= 11 is 0. The van der Waals surface area contributed by atoms with E-state index in [1.807, 2.05) is 30.3 Å². The van der Waals surface area contributed by atoms with Gasteiger partial charge in [0.25, 0.3) is 5.56 Å². The standard InChI is InChI=1S/C22H13FN4O4/c23-16-9-17-15(20(28)26-22(25-17)27-11-13(10-24-27)21(29)30)8-19(16)31-18-7-3-5-12-4-1-2-6-14(12)18/h1-11H,(H,29,30)(H,25,26,28). The number of aromatic carboxylic acids is 1. The van der Waals surface area contributed by atoms with Crippen LogP contribution in [-0.2, 0) is 0 Å². The summed E-state index contributed by atoms with van der Waals surface area (Å²) < 4.78 is 21.7. The molecule has 2 aromatic heterocycles. The SMILES string of the molecule is O=C(O)c1cnn(-c2nc3cc(F)c(Oc4cccc5ccccc45)cc3c(=O)[nH]2)c1. The molecule has 0 aliphatic heterocycles. The van der Waals surface area contributed by atoms with E-state index in [-0.39, 0.29) is 28.2 Å². The number of H-pyrrole nitrogens is 1. The number of nitrogens with zero attached hydrogens (tertiary/aromatic N) is 3. The van der Waals surface area contributed by atoms with E-state index in [2.05, 4.69) is 15.1 Å². The van der Waals surface area contributed by atoms with Crippen LogP contribution >= 0.6 is 0 Å². The van der Waals surface area contributed by atoms with Crippen molar-refractivity contribution < 1.29 is 19.0 Å². The van der Waals surface area contributed by atoms with E-state index < -0.39 is 17.3 Å². The molecule has 0 aliphatic rings. The highest BCUT2D eigenvalue weighted by Crippen LogP contribution is 2.32. The molecule has 5 aromatic rings. The Bertz CT molecular complexity index is 1530. The summed E-state index contributed by atoms with van der Waals surface area (Å²) in [6.07, 6.45) is 2.31. The van der Waals surface area contributed by atoms with Gasteiger partial charge in [0.15, 0.2) is 11.6 Å². The Morgan fingerprint density at radius 1 is 1.06 bits per heavy atom. The lowest BCUT2D eigenvalue weighted by Crippen LogP contribution is -2.14. The lowest BCUT2D eigenvalue weighted by molar-refractivity contribution is 0.0697. The molecule has 0 saturated heterocycles. The summed E-state index contributed by atoms with van der Waals surface area (Å²) in [5.74, 6) is -1.56. The number of ether oxygens (including phenoxy) is 1. The van der Waals surface area contributed by atoms with E-state index in [0.717, 1.165) is 27.7 Å². The van der Waals surface area contributed by atoms with E-state index in [1.165, 1.54) is 12.3 Å². The zero-order chi connectivity index (χ0) is 21.5. The molecule has 2 N–H and O–H groups in total. The minimum atomic E-state index is -1.17. The van der Waals surface area contributed by atoms with Gasteiger partial charge in [0.05, 0.1) is 22.7 Å². The molecule has 0 radical (unpaired) electrons. The van der Waals surface area contributed by atoms with Crippen LogP contribution in [0, 0.1) is 5.82 Å². The van der Waals surface area contributed by atoms with Gasteiger partial charge in [-0.05, 0) is 17.5 Å². The van der Waals surface area contributed by atoms with Crippen LogP contribution in [0.15, 0.2) is 71.8 Å². The Labute approximate surface area is 173 Å². The normalized spacial score (nSPS) is 11.1. The summed E-state index contributed by atoms with van der Waals surface area (Å²) in [5, 5.41) is 14.7. The van der Waals surface area contributed by atoms with Gasteiger partial charge in [-0.3, -0.25) is 9.78 Å². The predicted molar refractivity (Wildman–Crippen MR) is 110 cm³/mol. The molecule has 5 rings (SSSR count). The number of halogens is 1. The Morgan fingerprint density at radius 3 is 2.68 bits per heavy atom. The molecular formula is C22H13FN4O4. The maximum Gasteiger partial charge on any atom is 0.338 e. The highest BCUT2D eigenvalue weighted by Gasteiger charge is 2.15. The average molecular weight is 416 g/mol. The van der Waals surface area contributed by atoms with Crippen LogP contribution in [0.3, 0.4) is 0 Å². The first kappa shape index (κ1) is 18.5. The second-order valence-corrected chi connectivity index (χ2v) is 6.75. The van der Waals surface area contributed by atoms with Crippen molar-refractivity contribution in [1.29, 1.82) is 0 Å². The lowest BCUT2D eigenvalue weighted by atomic mass is 10.1. The number of hydrogen-bond acceptors (Lipinski definition) is 5. The van der Waals surface area contributed by atoms with Gasteiger partial charge in [0.1, 0.15) is 5.75 Å². The second-order valence-electron chi connectivity index (χ2n) is 6.75. The summed E-state index contributed by atoms with van der Waals surface area (Å²) in [7, 11) is 0. The number of carbonyl (C=O) groups is 1. The van der Waals surface area contributed by atoms with E-state index in [4.69, 9.17) is 9.84 Å². The molecule has 0 unspecified atom stereocenters. The van der Waals surface area contributed by atoms with Crippen LogP contribution in [0.5, 0.6) is 11.5 Å². The van der Waals surface area contributed by atoms with Crippen LogP contribution in [0.25, 0.3) is 27.6 Å². The van der Waals surface area contributed by atoms with Crippen LogP contribution in [0.1, 0.15) is 10.4 Å². The number of carboxylic acid groups (broad SMARTS) is 1. The first-order valence-electron chi connectivity index (χ1n) is 9.17. The Kier molecular flexibility index (Phi) is 4.21. The number of benzene rings is 3. The average Bonchev–Trinajstić information content (AvgIpc) is 3.26. The van der Waals surface area contributed by atoms with Crippen molar-refractivity contribution in [1.82, 2.24) is 19.7 Å². The number of nitrogens with one attached hydrogen (secondary N) is 1. The molecule has 152 valence electrons. The Morgan fingerprint density at radius 2 is 1.87 bits per heavy atom. The highest BCUT2D eigenvalue weighted by molar-refractivity contribution is 5.89. The van der Waals surface area contributed by atoms with Crippen molar-refractivity contribution in [3.05, 3.63) is 88.7 Å². The highest BCUT2D eigenvalue weighted by atomic mass is 19.1. The largest absolute Gasteiger partial charge is 0.478 e. The summed E-state index contributed by atoms with van der Waals surface area (Å²) in [4.78, 5) is 30.4. The number of aromatic nitrogens is 4. The van der Waals surface area contributed by atoms with Crippen molar-refractivity contribution in [3.63, 3.8) is 0 Å². The number of rotatable bonds is 4. The van der Waals surface area contributed by atoms with Crippen molar-refractivity contribution in [2.75, 3.05) is 0 Å². The number of carboxylic acids is 1. The molecule has 0 fully saturated rings. The monoisotopic (exact) mass is 416 g/mol. The summed E-state index contributed by atoms with van der Waals surface area (Å²) in [5.41, 5.74) is -0.545. The van der Waals surface area contributed by atoms with Crippen molar-refractivity contribution in [2.24, 2.45) is 0 Å². The van der Waals surface area contributed by atoms with Gasteiger partial charge in [-0.25, -0.2) is 18.9 Å². The molecule has 0 spiro atoms. The lowest BCUT2D eigenvalue weighted by Gasteiger charge is -2.11. The van der Waals surface area contributed by atoms with Gasteiger partial charge >= 0.3 is 5.97 Å². The maximum absolute atomic E-state index is 14.8. The third-order valence-electron chi connectivity index (χ3n) is 4.76. The molecule has 31 heavy (non-hydrogen) atoms. The van der Waals surface area contributed by atoms with Gasteiger partial charge in [-0.1, -0.05) is 36.4 Å². The number of hydrogen-bond donors (Lipinski definition) is 2. The Hall–Kier alpha value is -4.53. The number of aromatic amines is 1. The summed E-state index contributed by atoms with van der Waals surface area (Å²) in [6, 6.07) is 15.3. The second kappa shape index (κ2) is 7.06. The van der Waals surface area contributed by atoms with E-state index >= 15 is 0 Å². The molecule has 2 heterocycles.